The van der Waals surface area contributed by atoms with E-state index in [9.17, 15) is 9.18 Å². The predicted octanol–water partition coefficient (Wildman–Crippen LogP) is 1.47. The summed E-state index contributed by atoms with van der Waals surface area (Å²) in [6.45, 7) is 1.66. The number of pyridine rings is 1. The van der Waals surface area contributed by atoms with Crippen molar-refractivity contribution < 1.29 is 9.18 Å². The lowest BCUT2D eigenvalue weighted by molar-refractivity contribution is -0.117. The van der Waals surface area contributed by atoms with E-state index >= 15 is 0 Å². The van der Waals surface area contributed by atoms with Crippen LogP contribution in [0.15, 0.2) is 42.9 Å². The smallest absolute Gasteiger partial charge is 0.249 e. The number of nitrogens with one attached hydrogen (secondary N) is 1. The van der Waals surface area contributed by atoms with Crippen molar-refractivity contribution in [1.82, 2.24) is 34.8 Å². The Morgan fingerprint density at radius 3 is 2.96 bits per heavy atom. The second kappa shape index (κ2) is 6.31. The summed E-state index contributed by atoms with van der Waals surface area (Å²) in [4.78, 5) is 16.2. The monoisotopic (exact) mass is 352 g/mol. The maximum absolute atomic E-state index is 14.3. The van der Waals surface area contributed by atoms with E-state index in [1.807, 2.05) is 0 Å². The van der Waals surface area contributed by atoms with Crippen molar-refractivity contribution in [2.75, 3.05) is 5.32 Å². The molecule has 10 heteroatoms. The second-order valence-corrected chi connectivity index (χ2v) is 5.65. The van der Waals surface area contributed by atoms with Gasteiger partial charge in [-0.15, -0.1) is 10.2 Å². The van der Waals surface area contributed by atoms with E-state index in [1.165, 1.54) is 15.5 Å². The van der Waals surface area contributed by atoms with Crippen LogP contribution in [0.3, 0.4) is 0 Å². The number of hydrogen-bond acceptors (Lipinski definition) is 6. The zero-order valence-corrected chi connectivity index (χ0v) is 13.7. The zero-order valence-electron chi connectivity index (χ0n) is 13.7. The Labute approximate surface area is 146 Å². The molecule has 9 nitrogen and oxygen atoms in total. The summed E-state index contributed by atoms with van der Waals surface area (Å²) in [5.74, 6) is -0.495. The van der Waals surface area contributed by atoms with Crippen LogP contribution in [0.25, 0.3) is 16.8 Å². The van der Waals surface area contributed by atoms with Crippen molar-refractivity contribution in [3.8, 4) is 11.1 Å². The molecule has 0 aliphatic carbocycles. The Hall–Kier alpha value is -3.69. The lowest BCUT2D eigenvalue weighted by Crippen LogP contribution is -2.19. The number of aromatic nitrogens is 7. The van der Waals surface area contributed by atoms with Crippen LogP contribution in [0.5, 0.6) is 0 Å². The van der Waals surface area contributed by atoms with Crippen LogP contribution in [0.2, 0.25) is 0 Å². The molecule has 4 aromatic rings. The third kappa shape index (κ3) is 2.99. The molecule has 0 atom stereocenters. The van der Waals surface area contributed by atoms with Crippen LogP contribution < -0.4 is 5.32 Å². The van der Waals surface area contributed by atoms with E-state index in [0.717, 1.165) is 0 Å². The first kappa shape index (κ1) is 15.8. The average Bonchev–Trinajstić information content (AvgIpc) is 3.25. The highest BCUT2D eigenvalue weighted by Crippen LogP contribution is 2.25. The zero-order chi connectivity index (χ0) is 18.1. The average molecular weight is 352 g/mol. The lowest BCUT2D eigenvalue weighted by atomic mass is 10.0. The Morgan fingerprint density at radius 2 is 2.15 bits per heavy atom. The number of halogens is 1. The highest BCUT2D eigenvalue weighted by molar-refractivity contribution is 5.88. The molecular weight excluding hydrogens is 339 g/mol. The Balaban J connectivity index is 1.59. The van der Waals surface area contributed by atoms with Gasteiger partial charge >= 0.3 is 0 Å². The third-order valence-corrected chi connectivity index (χ3v) is 3.78. The molecular formula is C16H13FN8O. The molecule has 0 aliphatic heterocycles. The van der Waals surface area contributed by atoms with E-state index in [0.29, 0.717) is 22.3 Å². The summed E-state index contributed by atoms with van der Waals surface area (Å²) in [5.41, 5.74) is 2.23. The molecule has 0 bridgehead atoms. The highest BCUT2D eigenvalue weighted by atomic mass is 19.1. The van der Waals surface area contributed by atoms with Crippen LogP contribution in [-0.2, 0) is 11.3 Å². The molecule has 0 saturated carbocycles. The van der Waals surface area contributed by atoms with Gasteiger partial charge in [-0.1, -0.05) is 18.2 Å². The number of anilines is 1. The summed E-state index contributed by atoms with van der Waals surface area (Å²) < 4.78 is 17.1. The van der Waals surface area contributed by atoms with Gasteiger partial charge in [0.15, 0.2) is 5.65 Å². The van der Waals surface area contributed by atoms with Gasteiger partial charge in [0.1, 0.15) is 18.7 Å². The molecule has 0 spiro atoms. The van der Waals surface area contributed by atoms with Gasteiger partial charge in [0, 0.05) is 17.3 Å². The Kier molecular flexibility index (Phi) is 3.84. The molecule has 1 N–H and O–H groups in total. The van der Waals surface area contributed by atoms with Gasteiger partial charge in [-0.2, -0.15) is 4.98 Å². The largest absolute Gasteiger partial charge is 0.292 e. The first-order chi connectivity index (χ1) is 12.6. The van der Waals surface area contributed by atoms with Gasteiger partial charge < -0.3 is 0 Å². The van der Waals surface area contributed by atoms with Gasteiger partial charge in [-0.25, -0.2) is 13.6 Å². The number of nitrogens with zero attached hydrogens (tertiary/aromatic N) is 7. The number of hydrogen-bond donors (Lipinski definition) is 1. The topological polar surface area (TPSA) is 103 Å². The summed E-state index contributed by atoms with van der Waals surface area (Å²) in [5, 5.41) is 17.3. The molecule has 0 fully saturated rings. The van der Waals surface area contributed by atoms with E-state index in [-0.39, 0.29) is 24.2 Å². The van der Waals surface area contributed by atoms with Crippen molar-refractivity contribution in [2.24, 2.45) is 0 Å². The highest BCUT2D eigenvalue weighted by Gasteiger charge is 2.12. The minimum Gasteiger partial charge on any atom is -0.292 e. The number of amides is 1. The van der Waals surface area contributed by atoms with Gasteiger partial charge in [-0.3, -0.25) is 10.1 Å². The molecule has 3 aromatic heterocycles. The van der Waals surface area contributed by atoms with E-state index in [2.05, 4.69) is 30.9 Å². The number of fused-ring (bicyclic) bond motifs is 1. The summed E-state index contributed by atoms with van der Waals surface area (Å²) in [6.07, 6.45) is 3.00. The minimum atomic E-state index is -0.363. The summed E-state index contributed by atoms with van der Waals surface area (Å²) >= 11 is 0. The van der Waals surface area contributed by atoms with Crippen molar-refractivity contribution >= 4 is 17.5 Å². The number of carbonyl (C=O) groups is 1. The van der Waals surface area contributed by atoms with Crippen molar-refractivity contribution in [3.05, 3.63) is 54.2 Å². The Morgan fingerprint density at radius 1 is 1.27 bits per heavy atom. The molecule has 0 aliphatic rings. The molecule has 1 aromatic carbocycles. The lowest BCUT2D eigenvalue weighted by Gasteiger charge is -2.05. The van der Waals surface area contributed by atoms with Crippen molar-refractivity contribution in [3.63, 3.8) is 0 Å². The number of carbonyl (C=O) groups excluding carboxylic acids is 1. The van der Waals surface area contributed by atoms with E-state index in [4.69, 9.17) is 0 Å². The maximum Gasteiger partial charge on any atom is 0.249 e. The van der Waals surface area contributed by atoms with Gasteiger partial charge in [-0.05, 0) is 35.0 Å². The molecule has 0 unspecified atom stereocenters. The SMILES string of the molecule is Cc1cccc(-c2ccc3nc(NC(=O)Cn4cnnn4)nn3c2)c1F. The molecule has 3 heterocycles. The summed E-state index contributed by atoms with van der Waals surface area (Å²) in [7, 11) is 0. The fourth-order valence-electron chi connectivity index (χ4n) is 2.53. The maximum atomic E-state index is 14.3. The number of rotatable bonds is 4. The van der Waals surface area contributed by atoms with Gasteiger partial charge in [0.05, 0.1) is 0 Å². The Bertz CT molecular complexity index is 1090. The van der Waals surface area contributed by atoms with Crippen LogP contribution >= 0.6 is 0 Å². The molecule has 130 valence electrons. The van der Waals surface area contributed by atoms with E-state index in [1.54, 1.807) is 43.5 Å². The number of aryl methyl sites for hydroxylation is 1. The molecule has 0 saturated heterocycles. The molecule has 1 amide bonds. The fraction of sp³-hybridized carbons (Fsp3) is 0.125. The van der Waals surface area contributed by atoms with Crippen molar-refractivity contribution in [1.29, 1.82) is 0 Å². The van der Waals surface area contributed by atoms with Gasteiger partial charge in [0.2, 0.25) is 11.9 Å². The molecule has 26 heavy (non-hydrogen) atoms. The van der Waals surface area contributed by atoms with E-state index < -0.39 is 0 Å². The summed E-state index contributed by atoms with van der Waals surface area (Å²) in [6, 6.07) is 8.68. The second-order valence-electron chi connectivity index (χ2n) is 5.65. The number of tetrazole rings is 1. The fourth-order valence-corrected chi connectivity index (χ4v) is 2.53. The minimum absolute atomic E-state index is 0.0533. The standard InChI is InChI=1S/C16H13FN8O/c1-10-3-2-4-12(15(10)17)11-5-6-13-19-16(21-25(13)7-11)20-14(26)8-24-9-18-22-23-24/h2-7,9H,8H2,1H3,(H,20,21,26). The first-order valence-electron chi connectivity index (χ1n) is 7.73. The predicted molar refractivity (Wildman–Crippen MR) is 89.6 cm³/mol. The van der Waals surface area contributed by atoms with Crippen molar-refractivity contribution in [2.45, 2.75) is 13.5 Å². The third-order valence-electron chi connectivity index (χ3n) is 3.78. The molecule has 0 radical (unpaired) electrons. The quantitative estimate of drug-likeness (QED) is 0.597. The van der Waals surface area contributed by atoms with Crippen LogP contribution in [0.1, 0.15) is 5.56 Å². The first-order valence-corrected chi connectivity index (χ1v) is 7.73. The normalized spacial score (nSPS) is 11.0. The number of benzene rings is 1. The molecule has 4 rings (SSSR count). The van der Waals surface area contributed by atoms with Crippen LogP contribution in [-0.4, -0.2) is 40.7 Å². The van der Waals surface area contributed by atoms with Crippen LogP contribution in [0.4, 0.5) is 10.3 Å². The van der Waals surface area contributed by atoms with Gasteiger partial charge in [0.25, 0.3) is 0 Å². The van der Waals surface area contributed by atoms with Crippen LogP contribution in [0, 0.1) is 12.7 Å².